The second-order valence-corrected chi connectivity index (χ2v) is 5.75. The van der Waals surface area contributed by atoms with Crippen molar-refractivity contribution in [3.05, 3.63) is 29.3 Å². The lowest BCUT2D eigenvalue weighted by molar-refractivity contribution is -0.127. The molecule has 0 bridgehead atoms. The van der Waals surface area contributed by atoms with Gasteiger partial charge in [0.2, 0.25) is 5.91 Å². The fraction of sp³-hybridized carbons (Fsp3) is 0.533. The van der Waals surface area contributed by atoms with Crippen LogP contribution in [0.5, 0.6) is 0 Å². The third-order valence-corrected chi connectivity index (χ3v) is 4.02. The second-order valence-electron chi connectivity index (χ2n) is 5.31. The van der Waals surface area contributed by atoms with Crippen molar-refractivity contribution >= 4 is 23.2 Å². The first kappa shape index (κ1) is 15.1. The molecule has 0 aromatic heterocycles. The Labute approximate surface area is 124 Å². The summed E-state index contributed by atoms with van der Waals surface area (Å²) in [7, 11) is 0. The predicted molar refractivity (Wildman–Crippen MR) is 80.9 cm³/mol. The average molecular weight is 297 g/mol. The molecule has 1 fully saturated rings. The average Bonchev–Trinajstić information content (AvgIpc) is 2.42. The number of carbonyl (C=O) groups is 1. The van der Waals surface area contributed by atoms with Crippen molar-refractivity contribution < 1.29 is 9.53 Å². The number of ether oxygens (including phenoxy) is 1. The first-order chi connectivity index (χ1) is 9.55. The molecule has 1 amide bonds. The van der Waals surface area contributed by atoms with Gasteiger partial charge in [0.05, 0.1) is 6.10 Å². The van der Waals surface area contributed by atoms with Crippen LogP contribution >= 0.6 is 11.6 Å². The molecule has 0 radical (unpaired) electrons. The van der Waals surface area contributed by atoms with E-state index in [-0.39, 0.29) is 12.0 Å². The molecule has 1 aliphatic rings. The molecule has 2 rings (SSSR count). The molecule has 4 nitrogen and oxygen atoms in total. The lowest BCUT2D eigenvalue weighted by Gasteiger charge is -2.39. The molecule has 0 spiro atoms. The summed E-state index contributed by atoms with van der Waals surface area (Å²) in [5.41, 5.74) is 5.78. The van der Waals surface area contributed by atoms with E-state index in [2.05, 4.69) is 12.2 Å². The highest BCUT2D eigenvalue weighted by atomic mass is 35.5. The molecule has 1 aromatic rings. The van der Waals surface area contributed by atoms with E-state index in [9.17, 15) is 4.79 Å². The van der Waals surface area contributed by atoms with E-state index in [4.69, 9.17) is 22.1 Å². The van der Waals surface area contributed by atoms with E-state index in [0.717, 1.165) is 18.5 Å². The van der Waals surface area contributed by atoms with Gasteiger partial charge in [0, 0.05) is 30.2 Å². The molecule has 1 aliphatic heterocycles. The summed E-state index contributed by atoms with van der Waals surface area (Å²) >= 11 is 5.88. The minimum Gasteiger partial charge on any atom is -0.378 e. The van der Waals surface area contributed by atoms with Gasteiger partial charge in [-0.2, -0.15) is 0 Å². The summed E-state index contributed by atoms with van der Waals surface area (Å²) in [5.74, 6) is -0.322. The summed E-state index contributed by atoms with van der Waals surface area (Å²) in [5, 5.41) is 3.96. The number of amides is 1. The minimum atomic E-state index is -0.730. The number of hydrogen-bond acceptors (Lipinski definition) is 3. The number of anilines is 1. The van der Waals surface area contributed by atoms with Crippen LogP contribution in [-0.4, -0.2) is 24.2 Å². The van der Waals surface area contributed by atoms with Crippen molar-refractivity contribution in [3.63, 3.8) is 0 Å². The van der Waals surface area contributed by atoms with E-state index in [1.807, 2.05) is 12.1 Å². The molecule has 0 saturated carbocycles. The summed E-state index contributed by atoms with van der Waals surface area (Å²) < 4.78 is 5.71. The number of benzene rings is 1. The van der Waals surface area contributed by atoms with Crippen molar-refractivity contribution in [2.24, 2.45) is 5.73 Å². The molecule has 1 aromatic carbocycles. The Hall–Kier alpha value is -1.26. The number of rotatable bonds is 5. The molecule has 3 N–H and O–H groups in total. The Morgan fingerprint density at radius 2 is 2.20 bits per heavy atom. The van der Waals surface area contributed by atoms with Gasteiger partial charge in [-0.1, -0.05) is 24.9 Å². The van der Waals surface area contributed by atoms with E-state index in [0.29, 0.717) is 24.5 Å². The quantitative estimate of drug-likeness (QED) is 0.878. The zero-order chi connectivity index (χ0) is 14.6. The number of carbonyl (C=O) groups excluding carboxylic acids is 1. The van der Waals surface area contributed by atoms with Crippen LogP contribution in [0.3, 0.4) is 0 Å². The minimum absolute atomic E-state index is 0.0843. The first-order valence-electron chi connectivity index (χ1n) is 7.01. The smallest absolute Gasteiger partial charge is 0.243 e. The van der Waals surface area contributed by atoms with Gasteiger partial charge < -0.3 is 15.8 Å². The van der Waals surface area contributed by atoms with Crippen LogP contribution in [0.2, 0.25) is 5.02 Å². The highest BCUT2D eigenvalue weighted by Crippen LogP contribution is 2.31. The second kappa shape index (κ2) is 6.46. The standard InChI is InChI=1S/C15H21ClN2O2/c1-2-3-13-10-15(14(17)19,8-9-20-13)18-12-6-4-11(16)5-7-12/h4-7,13,18H,2-3,8-10H2,1H3,(H2,17,19). The molecule has 2 unspecified atom stereocenters. The molecular formula is C15H21ClN2O2. The van der Waals surface area contributed by atoms with Crippen LogP contribution in [0.4, 0.5) is 5.69 Å². The van der Waals surface area contributed by atoms with Gasteiger partial charge >= 0.3 is 0 Å². The van der Waals surface area contributed by atoms with Crippen molar-refractivity contribution in [2.45, 2.75) is 44.2 Å². The molecule has 5 heteroatoms. The third kappa shape index (κ3) is 3.44. The third-order valence-electron chi connectivity index (χ3n) is 3.77. The van der Waals surface area contributed by atoms with Crippen LogP contribution in [-0.2, 0) is 9.53 Å². The lowest BCUT2D eigenvalue weighted by Crippen LogP contribution is -2.56. The summed E-state index contributed by atoms with van der Waals surface area (Å²) in [6.45, 7) is 2.66. The summed E-state index contributed by atoms with van der Waals surface area (Å²) in [4.78, 5) is 12.0. The molecule has 1 saturated heterocycles. The van der Waals surface area contributed by atoms with Gasteiger partial charge in [0.15, 0.2) is 0 Å². The molecule has 1 heterocycles. The van der Waals surface area contributed by atoms with E-state index >= 15 is 0 Å². The predicted octanol–water partition coefficient (Wildman–Crippen LogP) is 2.96. The van der Waals surface area contributed by atoms with Crippen molar-refractivity contribution in [1.82, 2.24) is 0 Å². The maximum atomic E-state index is 12.0. The van der Waals surface area contributed by atoms with Gasteiger partial charge in [-0.3, -0.25) is 4.79 Å². The number of hydrogen-bond donors (Lipinski definition) is 2. The van der Waals surface area contributed by atoms with Crippen LogP contribution in [0.1, 0.15) is 32.6 Å². The van der Waals surface area contributed by atoms with Crippen LogP contribution in [0.15, 0.2) is 24.3 Å². The lowest BCUT2D eigenvalue weighted by atomic mass is 9.84. The normalized spacial score (nSPS) is 26.2. The largest absolute Gasteiger partial charge is 0.378 e. The van der Waals surface area contributed by atoms with E-state index < -0.39 is 5.54 Å². The molecule has 20 heavy (non-hydrogen) atoms. The fourth-order valence-electron chi connectivity index (χ4n) is 2.67. The Kier molecular flexibility index (Phi) is 4.89. The van der Waals surface area contributed by atoms with Crippen molar-refractivity contribution in [2.75, 3.05) is 11.9 Å². The SMILES string of the molecule is CCCC1CC(Nc2ccc(Cl)cc2)(C(N)=O)CCO1. The van der Waals surface area contributed by atoms with Gasteiger partial charge in [0.25, 0.3) is 0 Å². The highest BCUT2D eigenvalue weighted by molar-refractivity contribution is 6.30. The van der Waals surface area contributed by atoms with Gasteiger partial charge in [-0.25, -0.2) is 0 Å². The Bertz CT molecular complexity index is 461. The van der Waals surface area contributed by atoms with Crippen LogP contribution in [0, 0.1) is 0 Å². The van der Waals surface area contributed by atoms with Gasteiger partial charge in [-0.15, -0.1) is 0 Å². The van der Waals surface area contributed by atoms with Gasteiger partial charge in [0.1, 0.15) is 5.54 Å². The molecular weight excluding hydrogens is 276 g/mol. The van der Waals surface area contributed by atoms with E-state index in [1.165, 1.54) is 0 Å². The number of nitrogens with one attached hydrogen (secondary N) is 1. The van der Waals surface area contributed by atoms with E-state index in [1.54, 1.807) is 12.1 Å². The Balaban J connectivity index is 2.16. The highest BCUT2D eigenvalue weighted by Gasteiger charge is 2.41. The summed E-state index contributed by atoms with van der Waals surface area (Å²) in [6, 6.07) is 7.30. The maximum absolute atomic E-state index is 12.0. The fourth-order valence-corrected chi connectivity index (χ4v) is 2.79. The van der Waals surface area contributed by atoms with Crippen LogP contribution in [0.25, 0.3) is 0 Å². The Morgan fingerprint density at radius 1 is 1.50 bits per heavy atom. The zero-order valence-corrected chi connectivity index (χ0v) is 12.5. The maximum Gasteiger partial charge on any atom is 0.243 e. The Morgan fingerprint density at radius 3 is 2.80 bits per heavy atom. The first-order valence-corrected chi connectivity index (χ1v) is 7.39. The molecule has 0 aliphatic carbocycles. The number of primary amides is 1. The molecule has 110 valence electrons. The van der Waals surface area contributed by atoms with Gasteiger partial charge in [-0.05, 0) is 30.7 Å². The van der Waals surface area contributed by atoms with Crippen molar-refractivity contribution in [3.8, 4) is 0 Å². The summed E-state index contributed by atoms with van der Waals surface area (Å²) in [6.07, 6.45) is 3.25. The zero-order valence-electron chi connectivity index (χ0n) is 11.7. The topological polar surface area (TPSA) is 64.3 Å². The number of nitrogens with two attached hydrogens (primary N) is 1. The van der Waals surface area contributed by atoms with Crippen LogP contribution < -0.4 is 11.1 Å². The van der Waals surface area contributed by atoms with Crippen molar-refractivity contribution in [1.29, 1.82) is 0 Å². The monoisotopic (exact) mass is 296 g/mol. The molecule has 2 atom stereocenters. The number of halogens is 1.